The van der Waals surface area contributed by atoms with Crippen molar-refractivity contribution in [2.45, 2.75) is 25.8 Å². The van der Waals surface area contributed by atoms with Crippen molar-refractivity contribution in [3.05, 3.63) is 11.7 Å². The van der Waals surface area contributed by atoms with Crippen molar-refractivity contribution in [3.8, 4) is 0 Å². The summed E-state index contributed by atoms with van der Waals surface area (Å²) in [6.07, 6.45) is 1.83. The second-order valence-electron chi connectivity index (χ2n) is 3.73. The largest absolute Gasteiger partial charge is 0.311 e. The maximum atomic E-state index is 11.5. The Morgan fingerprint density at radius 2 is 2.17 bits per heavy atom. The zero-order valence-corrected chi connectivity index (χ0v) is 11.0. The van der Waals surface area contributed by atoms with Gasteiger partial charge in [0.25, 0.3) is 5.91 Å². The molecule has 1 amide bonds. The Morgan fingerprint density at radius 3 is 2.67 bits per heavy atom. The normalized spacial score (nSPS) is 11.9. The predicted octanol–water partition coefficient (Wildman–Crippen LogP) is 0.608. The van der Waals surface area contributed by atoms with E-state index in [1.165, 1.54) is 24.5 Å². The molecule has 18 heavy (non-hydrogen) atoms. The number of carbonyl (C=O) groups excluding carboxylic acids is 3. The van der Waals surface area contributed by atoms with Crippen molar-refractivity contribution >= 4 is 33.8 Å². The third-order valence-electron chi connectivity index (χ3n) is 2.42. The van der Waals surface area contributed by atoms with E-state index in [0.717, 1.165) is 0 Å². The van der Waals surface area contributed by atoms with E-state index in [4.69, 9.17) is 0 Å². The number of aromatic nitrogens is 1. The predicted molar refractivity (Wildman–Crippen MR) is 68.5 cm³/mol. The topological polar surface area (TPSA) is 88.2 Å². The zero-order chi connectivity index (χ0) is 13.5. The van der Waals surface area contributed by atoms with E-state index < -0.39 is 11.7 Å². The number of likely N-dealkylation sites (N-methyl/N-ethyl adjacent to an activating group) is 1. The quantitative estimate of drug-likeness (QED) is 0.708. The Balaban J connectivity index is 2.40. The number of hydrogen-bond acceptors (Lipinski definition) is 6. The van der Waals surface area contributed by atoms with E-state index in [2.05, 4.69) is 15.6 Å². The molecule has 98 valence electrons. The average molecular weight is 269 g/mol. The van der Waals surface area contributed by atoms with Crippen LogP contribution in [-0.2, 0) is 14.4 Å². The third kappa shape index (κ3) is 4.34. The highest BCUT2D eigenvalue weighted by atomic mass is 32.1. The SMILES string of the molecule is CN[C@@H](CCC(=O)C(=O)Nc1cncs1)C(C)=O. The minimum absolute atomic E-state index is 0.0374. The van der Waals surface area contributed by atoms with Gasteiger partial charge in [0.05, 0.1) is 17.7 Å². The fourth-order valence-electron chi connectivity index (χ4n) is 1.40. The lowest BCUT2D eigenvalue weighted by Crippen LogP contribution is -2.34. The van der Waals surface area contributed by atoms with E-state index in [0.29, 0.717) is 11.4 Å². The van der Waals surface area contributed by atoms with Gasteiger partial charge in [-0.05, 0) is 20.4 Å². The van der Waals surface area contributed by atoms with Gasteiger partial charge in [-0.15, -0.1) is 11.3 Å². The highest BCUT2D eigenvalue weighted by Gasteiger charge is 2.18. The Morgan fingerprint density at radius 1 is 1.44 bits per heavy atom. The minimum atomic E-state index is -0.669. The van der Waals surface area contributed by atoms with Crippen LogP contribution in [0.15, 0.2) is 11.7 Å². The number of Topliss-reactive ketones (excluding diaryl/α,β-unsaturated/α-hetero) is 2. The van der Waals surface area contributed by atoms with Crippen LogP contribution in [0.1, 0.15) is 19.8 Å². The van der Waals surface area contributed by atoms with Crippen LogP contribution in [0.3, 0.4) is 0 Å². The molecule has 0 radical (unpaired) electrons. The first kappa shape index (κ1) is 14.5. The van der Waals surface area contributed by atoms with Gasteiger partial charge < -0.3 is 10.6 Å². The highest BCUT2D eigenvalue weighted by molar-refractivity contribution is 7.14. The fraction of sp³-hybridized carbons (Fsp3) is 0.455. The number of rotatable bonds is 7. The summed E-state index contributed by atoms with van der Waals surface area (Å²) in [6, 6.07) is -0.384. The second kappa shape index (κ2) is 6.97. The minimum Gasteiger partial charge on any atom is -0.311 e. The fourth-order valence-corrected chi connectivity index (χ4v) is 1.91. The van der Waals surface area contributed by atoms with Gasteiger partial charge in [-0.1, -0.05) is 0 Å². The summed E-state index contributed by atoms with van der Waals surface area (Å²) in [7, 11) is 1.65. The molecular formula is C11H15N3O3S. The van der Waals surface area contributed by atoms with E-state index in [1.54, 1.807) is 12.6 Å². The van der Waals surface area contributed by atoms with E-state index in [-0.39, 0.29) is 18.2 Å². The molecule has 0 aromatic carbocycles. The van der Waals surface area contributed by atoms with Crippen molar-refractivity contribution in [2.75, 3.05) is 12.4 Å². The number of nitrogens with zero attached hydrogens (tertiary/aromatic N) is 1. The van der Waals surface area contributed by atoms with Gasteiger partial charge in [-0.25, -0.2) is 0 Å². The molecule has 1 atom stereocenters. The summed E-state index contributed by atoms with van der Waals surface area (Å²) < 4.78 is 0. The van der Waals surface area contributed by atoms with Crippen LogP contribution < -0.4 is 10.6 Å². The summed E-state index contributed by atoms with van der Waals surface area (Å²) >= 11 is 1.24. The average Bonchev–Trinajstić information content (AvgIpc) is 2.81. The summed E-state index contributed by atoms with van der Waals surface area (Å²) in [5.41, 5.74) is 1.56. The van der Waals surface area contributed by atoms with Crippen LogP contribution >= 0.6 is 11.3 Å². The molecule has 0 unspecified atom stereocenters. The molecule has 0 bridgehead atoms. The summed E-state index contributed by atoms with van der Waals surface area (Å²) in [5.74, 6) is -1.25. The van der Waals surface area contributed by atoms with Crippen molar-refractivity contribution < 1.29 is 14.4 Å². The summed E-state index contributed by atoms with van der Waals surface area (Å²) in [6.45, 7) is 1.45. The number of ketones is 2. The first-order valence-corrected chi connectivity index (χ1v) is 6.33. The van der Waals surface area contributed by atoms with Crippen LogP contribution in [0.2, 0.25) is 0 Å². The molecule has 1 rings (SSSR count). The first-order chi connectivity index (χ1) is 8.54. The molecule has 0 aliphatic carbocycles. The van der Waals surface area contributed by atoms with Gasteiger partial charge in [-0.2, -0.15) is 0 Å². The van der Waals surface area contributed by atoms with Gasteiger partial charge >= 0.3 is 0 Å². The molecule has 0 aliphatic rings. The smallest absolute Gasteiger partial charge is 0.292 e. The van der Waals surface area contributed by atoms with Crippen molar-refractivity contribution in [1.82, 2.24) is 10.3 Å². The number of nitrogens with one attached hydrogen (secondary N) is 2. The summed E-state index contributed by atoms with van der Waals surface area (Å²) in [5, 5.41) is 5.79. The number of anilines is 1. The van der Waals surface area contributed by atoms with Crippen molar-refractivity contribution in [2.24, 2.45) is 0 Å². The maximum absolute atomic E-state index is 11.5. The van der Waals surface area contributed by atoms with Crippen LogP contribution in [0, 0.1) is 0 Å². The summed E-state index contributed by atoms with van der Waals surface area (Å²) in [4.78, 5) is 38.0. The Bertz CT molecular complexity index is 431. The molecule has 0 saturated carbocycles. The molecular weight excluding hydrogens is 254 g/mol. The molecule has 1 heterocycles. The number of carbonyl (C=O) groups is 3. The molecule has 1 aromatic heterocycles. The lowest BCUT2D eigenvalue weighted by Gasteiger charge is -2.11. The van der Waals surface area contributed by atoms with Crippen molar-refractivity contribution in [3.63, 3.8) is 0 Å². The lowest BCUT2D eigenvalue weighted by atomic mass is 10.1. The standard InChI is InChI=1S/C11H15N3O3S/c1-7(15)8(12-2)3-4-9(16)11(17)14-10-5-13-6-18-10/h5-6,8,12H,3-4H2,1-2H3,(H,14,17)/t8-/m0/s1. The zero-order valence-electron chi connectivity index (χ0n) is 10.2. The molecule has 6 nitrogen and oxygen atoms in total. The van der Waals surface area contributed by atoms with Crippen LogP contribution in [-0.4, -0.2) is 35.5 Å². The van der Waals surface area contributed by atoms with Crippen LogP contribution in [0.4, 0.5) is 5.00 Å². The lowest BCUT2D eigenvalue weighted by molar-refractivity contribution is -0.135. The Hall–Kier alpha value is -1.60. The number of thiazole rings is 1. The van der Waals surface area contributed by atoms with Gasteiger partial charge in [0.1, 0.15) is 10.8 Å². The van der Waals surface area contributed by atoms with Crippen LogP contribution in [0.25, 0.3) is 0 Å². The number of amides is 1. The molecule has 1 aromatic rings. The number of hydrogen-bond donors (Lipinski definition) is 2. The van der Waals surface area contributed by atoms with E-state index >= 15 is 0 Å². The Labute approximate surface area is 109 Å². The first-order valence-electron chi connectivity index (χ1n) is 5.45. The molecule has 0 spiro atoms. The third-order valence-corrected chi connectivity index (χ3v) is 3.11. The van der Waals surface area contributed by atoms with Crippen LogP contribution in [0.5, 0.6) is 0 Å². The molecule has 0 saturated heterocycles. The van der Waals surface area contributed by atoms with E-state index in [9.17, 15) is 14.4 Å². The molecule has 2 N–H and O–H groups in total. The maximum Gasteiger partial charge on any atom is 0.292 e. The molecule has 0 aliphatic heterocycles. The second-order valence-corrected chi connectivity index (χ2v) is 4.62. The van der Waals surface area contributed by atoms with Gasteiger partial charge in [0, 0.05) is 6.42 Å². The monoisotopic (exact) mass is 269 g/mol. The molecule has 7 heteroatoms. The van der Waals surface area contributed by atoms with Gasteiger partial charge in [0.2, 0.25) is 5.78 Å². The molecule has 0 fully saturated rings. The highest BCUT2D eigenvalue weighted by Crippen LogP contribution is 2.12. The van der Waals surface area contributed by atoms with Gasteiger partial charge in [-0.3, -0.25) is 19.4 Å². The van der Waals surface area contributed by atoms with Crippen molar-refractivity contribution in [1.29, 1.82) is 0 Å². The Kier molecular flexibility index (Phi) is 5.60. The van der Waals surface area contributed by atoms with Gasteiger partial charge in [0.15, 0.2) is 0 Å². The van der Waals surface area contributed by atoms with E-state index in [1.807, 2.05) is 0 Å².